The Morgan fingerprint density at radius 2 is 1.63 bits per heavy atom. The number of amides is 1. The molecule has 0 unspecified atom stereocenters. The number of thiophene rings is 1. The first kappa shape index (κ1) is 18.0. The molecule has 1 saturated heterocycles. The molecule has 2 aromatic carbocycles. The maximum Gasteiger partial charge on any atom is 0.251 e. The average molecular weight is 377 g/mol. The Morgan fingerprint density at radius 3 is 2.30 bits per heavy atom. The molecule has 4 rings (SSSR count). The summed E-state index contributed by atoms with van der Waals surface area (Å²) in [7, 11) is 0. The lowest BCUT2D eigenvalue weighted by molar-refractivity contribution is 0.0938. The normalized spacial score (nSPS) is 15.6. The lowest BCUT2D eigenvalue weighted by atomic mass is 10.0. The smallest absolute Gasteiger partial charge is 0.251 e. The fourth-order valence-corrected chi connectivity index (χ4v) is 4.54. The minimum atomic E-state index is -0.00429. The lowest BCUT2D eigenvalue weighted by Crippen LogP contribution is -2.36. The van der Waals surface area contributed by atoms with Gasteiger partial charge in [0.05, 0.1) is 6.04 Å². The molecule has 0 aliphatic carbocycles. The third-order valence-electron chi connectivity index (χ3n) is 5.16. The van der Waals surface area contributed by atoms with Crippen molar-refractivity contribution < 1.29 is 4.79 Å². The molecule has 1 atom stereocenters. The van der Waals surface area contributed by atoms with Gasteiger partial charge in [-0.1, -0.05) is 48.5 Å². The van der Waals surface area contributed by atoms with E-state index in [2.05, 4.69) is 39.9 Å². The van der Waals surface area contributed by atoms with Gasteiger partial charge < -0.3 is 5.32 Å². The van der Waals surface area contributed by atoms with Gasteiger partial charge in [0.25, 0.3) is 5.91 Å². The molecule has 2 heterocycles. The zero-order chi connectivity index (χ0) is 18.5. The van der Waals surface area contributed by atoms with E-state index in [0.717, 1.165) is 24.2 Å². The Kier molecular flexibility index (Phi) is 5.66. The van der Waals surface area contributed by atoms with Crippen LogP contribution in [0.3, 0.4) is 0 Å². The van der Waals surface area contributed by atoms with Crippen molar-refractivity contribution in [2.75, 3.05) is 19.6 Å². The summed E-state index contributed by atoms with van der Waals surface area (Å²) in [6, 6.07) is 22.6. The van der Waals surface area contributed by atoms with Crippen LogP contribution < -0.4 is 5.32 Å². The zero-order valence-corrected chi connectivity index (χ0v) is 16.1. The number of nitrogens with zero attached hydrogens (tertiary/aromatic N) is 1. The molecule has 1 N–H and O–H groups in total. The van der Waals surface area contributed by atoms with Crippen LogP contribution in [0.1, 0.15) is 34.1 Å². The number of likely N-dealkylation sites (tertiary alicyclic amines) is 1. The maximum atomic E-state index is 12.7. The van der Waals surface area contributed by atoms with E-state index in [4.69, 9.17) is 0 Å². The minimum Gasteiger partial charge on any atom is -0.350 e. The molecule has 27 heavy (non-hydrogen) atoms. The Bertz CT molecular complexity index is 853. The molecule has 3 nitrogen and oxygen atoms in total. The highest BCUT2D eigenvalue weighted by molar-refractivity contribution is 7.10. The van der Waals surface area contributed by atoms with Crippen LogP contribution >= 0.6 is 11.3 Å². The summed E-state index contributed by atoms with van der Waals surface area (Å²) in [4.78, 5) is 16.5. The first-order valence-electron chi connectivity index (χ1n) is 9.52. The molecule has 1 aliphatic rings. The van der Waals surface area contributed by atoms with Gasteiger partial charge in [0.1, 0.15) is 0 Å². The van der Waals surface area contributed by atoms with Crippen molar-refractivity contribution in [1.29, 1.82) is 0 Å². The summed E-state index contributed by atoms with van der Waals surface area (Å²) in [5.41, 5.74) is 3.00. The number of carbonyl (C=O) groups is 1. The van der Waals surface area contributed by atoms with Gasteiger partial charge in [-0.15, -0.1) is 11.3 Å². The molecule has 0 spiro atoms. The topological polar surface area (TPSA) is 32.3 Å². The minimum absolute atomic E-state index is 0.00429. The highest BCUT2D eigenvalue weighted by Gasteiger charge is 2.24. The van der Waals surface area contributed by atoms with E-state index in [1.165, 1.54) is 17.7 Å². The van der Waals surface area contributed by atoms with Crippen LogP contribution in [-0.2, 0) is 0 Å². The Balaban J connectivity index is 1.42. The molecule has 1 fully saturated rings. The summed E-state index contributed by atoms with van der Waals surface area (Å²) in [5, 5.41) is 5.26. The fourth-order valence-electron chi connectivity index (χ4n) is 3.68. The standard InChI is InChI=1S/C23H24N2OS/c26-23(20-12-10-19(11-13-20)18-7-2-1-3-8-18)24-17-21(22-9-6-16-27-22)25-14-4-5-15-25/h1-3,6-13,16,21H,4-5,14-15,17H2,(H,24,26)/t21-/m0/s1. The van der Waals surface area contributed by atoms with Gasteiger partial charge in [0, 0.05) is 17.0 Å². The number of hydrogen-bond acceptors (Lipinski definition) is 3. The fraction of sp³-hybridized carbons (Fsp3) is 0.261. The Morgan fingerprint density at radius 1 is 0.926 bits per heavy atom. The quantitative estimate of drug-likeness (QED) is 0.658. The number of rotatable bonds is 6. The zero-order valence-electron chi connectivity index (χ0n) is 15.3. The monoisotopic (exact) mass is 376 g/mol. The Hall–Kier alpha value is -2.43. The van der Waals surface area contributed by atoms with E-state index >= 15 is 0 Å². The lowest BCUT2D eigenvalue weighted by Gasteiger charge is -2.27. The number of hydrogen-bond donors (Lipinski definition) is 1. The van der Waals surface area contributed by atoms with Crippen LogP contribution in [-0.4, -0.2) is 30.4 Å². The van der Waals surface area contributed by atoms with Gasteiger partial charge >= 0.3 is 0 Å². The molecule has 0 radical (unpaired) electrons. The third-order valence-corrected chi connectivity index (χ3v) is 6.14. The van der Waals surface area contributed by atoms with Gasteiger partial charge in [-0.05, 0) is 60.6 Å². The van der Waals surface area contributed by atoms with Crippen molar-refractivity contribution in [3.05, 3.63) is 82.6 Å². The van der Waals surface area contributed by atoms with Crippen molar-refractivity contribution in [3.8, 4) is 11.1 Å². The molecule has 0 bridgehead atoms. The first-order chi connectivity index (χ1) is 13.3. The molecule has 3 aromatic rings. The summed E-state index contributed by atoms with van der Waals surface area (Å²) in [5.74, 6) is -0.00429. The van der Waals surface area contributed by atoms with E-state index in [9.17, 15) is 4.79 Å². The number of benzene rings is 2. The van der Waals surface area contributed by atoms with Gasteiger partial charge in [0.2, 0.25) is 0 Å². The van der Waals surface area contributed by atoms with Gasteiger partial charge in [-0.25, -0.2) is 0 Å². The summed E-state index contributed by atoms with van der Waals surface area (Å²) in [6.45, 7) is 2.88. The predicted octanol–water partition coefficient (Wildman–Crippen LogP) is 4.98. The van der Waals surface area contributed by atoms with Crippen molar-refractivity contribution in [1.82, 2.24) is 10.2 Å². The first-order valence-corrected chi connectivity index (χ1v) is 10.4. The Labute approximate surface area is 164 Å². The highest BCUT2D eigenvalue weighted by Crippen LogP contribution is 2.28. The summed E-state index contributed by atoms with van der Waals surface area (Å²) >= 11 is 1.77. The van der Waals surface area contributed by atoms with Gasteiger partial charge in [-0.3, -0.25) is 9.69 Å². The third kappa shape index (κ3) is 4.29. The van der Waals surface area contributed by atoms with E-state index in [0.29, 0.717) is 12.1 Å². The van der Waals surface area contributed by atoms with Crippen LogP contribution in [0.5, 0.6) is 0 Å². The molecular formula is C23H24N2OS. The highest BCUT2D eigenvalue weighted by atomic mass is 32.1. The van der Waals surface area contributed by atoms with E-state index in [1.54, 1.807) is 11.3 Å². The second-order valence-electron chi connectivity index (χ2n) is 6.93. The van der Waals surface area contributed by atoms with Crippen LogP contribution in [0.2, 0.25) is 0 Å². The molecular weight excluding hydrogens is 352 g/mol. The second-order valence-corrected chi connectivity index (χ2v) is 7.91. The van der Waals surface area contributed by atoms with E-state index < -0.39 is 0 Å². The van der Waals surface area contributed by atoms with Crippen molar-refractivity contribution in [2.24, 2.45) is 0 Å². The van der Waals surface area contributed by atoms with Crippen LogP contribution in [0.25, 0.3) is 11.1 Å². The SMILES string of the molecule is O=C(NC[C@@H](c1cccs1)N1CCCC1)c1ccc(-c2ccccc2)cc1. The maximum absolute atomic E-state index is 12.7. The van der Waals surface area contributed by atoms with Crippen molar-refractivity contribution in [3.63, 3.8) is 0 Å². The second kappa shape index (κ2) is 8.51. The number of carbonyl (C=O) groups excluding carboxylic acids is 1. The predicted molar refractivity (Wildman–Crippen MR) is 112 cm³/mol. The number of nitrogens with one attached hydrogen (secondary N) is 1. The molecule has 138 valence electrons. The van der Waals surface area contributed by atoms with Crippen molar-refractivity contribution >= 4 is 17.2 Å². The molecule has 4 heteroatoms. The largest absolute Gasteiger partial charge is 0.350 e. The molecule has 0 saturated carbocycles. The molecule has 1 aliphatic heterocycles. The molecule has 1 amide bonds. The average Bonchev–Trinajstić information content (AvgIpc) is 3.44. The van der Waals surface area contributed by atoms with E-state index in [1.807, 2.05) is 42.5 Å². The van der Waals surface area contributed by atoms with E-state index in [-0.39, 0.29) is 11.9 Å². The van der Waals surface area contributed by atoms with Crippen molar-refractivity contribution in [2.45, 2.75) is 18.9 Å². The van der Waals surface area contributed by atoms with Gasteiger partial charge in [-0.2, -0.15) is 0 Å². The van der Waals surface area contributed by atoms with Crippen LogP contribution in [0.4, 0.5) is 0 Å². The molecule has 1 aromatic heterocycles. The van der Waals surface area contributed by atoms with Crippen LogP contribution in [0.15, 0.2) is 72.1 Å². The summed E-state index contributed by atoms with van der Waals surface area (Å²) in [6.07, 6.45) is 2.49. The summed E-state index contributed by atoms with van der Waals surface area (Å²) < 4.78 is 0. The van der Waals surface area contributed by atoms with Crippen LogP contribution in [0, 0.1) is 0 Å². The van der Waals surface area contributed by atoms with Gasteiger partial charge in [0.15, 0.2) is 0 Å².